The Hall–Kier alpha value is -0.120. The zero-order valence-corrected chi connectivity index (χ0v) is 8.42. The Morgan fingerprint density at radius 3 is 2.62 bits per heavy atom. The van der Waals surface area contributed by atoms with Gasteiger partial charge in [-0.15, -0.1) is 0 Å². The predicted molar refractivity (Wildman–Crippen MR) is 52.7 cm³/mol. The Kier molecular flexibility index (Phi) is 2.58. The SMILES string of the molecule is C[C@]1(O)CCN(C2CCNCC2)C1. The lowest BCUT2D eigenvalue weighted by atomic mass is 10.0. The Morgan fingerprint density at radius 2 is 2.08 bits per heavy atom. The number of nitrogens with one attached hydrogen (secondary N) is 1. The number of nitrogens with zero attached hydrogens (tertiary/aromatic N) is 1. The van der Waals surface area contributed by atoms with E-state index >= 15 is 0 Å². The summed E-state index contributed by atoms with van der Waals surface area (Å²) in [6, 6.07) is 0.718. The quantitative estimate of drug-likeness (QED) is 0.611. The average molecular weight is 184 g/mol. The van der Waals surface area contributed by atoms with Gasteiger partial charge in [0.05, 0.1) is 5.60 Å². The zero-order valence-electron chi connectivity index (χ0n) is 8.42. The largest absolute Gasteiger partial charge is 0.389 e. The van der Waals surface area contributed by atoms with Crippen LogP contribution in [0.25, 0.3) is 0 Å². The minimum Gasteiger partial charge on any atom is -0.389 e. The van der Waals surface area contributed by atoms with Crippen molar-refractivity contribution in [3.8, 4) is 0 Å². The summed E-state index contributed by atoms with van der Waals surface area (Å²) < 4.78 is 0. The first-order valence-corrected chi connectivity index (χ1v) is 5.34. The second kappa shape index (κ2) is 3.56. The van der Waals surface area contributed by atoms with Gasteiger partial charge in [0, 0.05) is 19.1 Å². The Bertz CT molecular complexity index is 176. The maximum absolute atomic E-state index is 9.84. The maximum atomic E-state index is 9.84. The molecule has 0 saturated carbocycles. The van der Waals surface area contributed by atoms with E-state index in [4.69, 9.17) is 0 Å². The molecule has 0 amide bonds. The highest BCUT2D eigenvalue weighted by atomic mass is 16.3. The van der Waals surface area contributed by atoms with Crippen LogP contribution in [-0.2, 0) is 0 Å². The van der Waals surface area contributed by atoms with E-state index in [-0.39, 0.29) is 0 Å². The molecule has 3 heteroatoms. The molecule has 3 nitrogen and oxygen atoms in total. The Morgan fingerprint density at radius 1 is 1.38 bits per heavy atom. The zero-order chi connectivity index (χ0) is 9.31. The van der Waals surface area contributed by atoms with E-state index in [0.29, 0.717) is 0 Å². The van der Waals surface area contributed by atoms with E-state index in [9.17, 15) is 5.11 Å². The van der Waals surface area contributed by atoms with Crippen LogP contribution in [0.2, 0.25) is 0 Å². The van der Waals surface area contributed by atoms with Gasteiger partial charge in [0.25, 0.3) is 0 Å². The molecule has 2 aliphatic rings. The van der Waals surface area contributed by atoms with E-state index in [0.717, 1.165) is 38.6 Å². The molecule has 76 valence electrons. The topological polar surface area (TPSA) is 35.5 Å². The molecular weight excluding hydrogens is 164 g/mol. The van der Waals surface area contributed by atoms with Crippen LogP contribution < -0.4 is 5.32 Å². The third kappa shape index (κ3) is 2.22. The average Bonchev–Trinajstić information content (AvgIpc) is 2.48. The fourth-order valence-electron chi connectivity index (χ4n) is 2.46. The van der Waals surface area contributed by atoms with Crippen molar-refractivity contribution in [2.24, 2.45) is 0 Å². The van der Waals surface area contributed by atoms with Crippen LogP contribution in [0.4, 0.5) is 0 Å². The third-order valence-electron chi connectivity index (χ3n) is 3.31. The normalized spacial score (nSPS) is 38.3. The summed E-state index contributed by atoms with van der Waals surface area (Å²) in [6.45, 7) is 6.19. The van der Waals surface area contributed by atoms with Crippen molar-refractivity contribution in [1.82, 2.24) is 10.2 Å². The molecule has 0 spiro atoms. The van der Waals surface area contributed by atoms with Gasteiger partial charge >= 0.3 is 0 Å². The molecule has 2 aliphatic heterocycles. The van der Waals surface area contributed by atoms with E-state index < -0.39 is 5.60 Å². The summed E-state index contributed by atoms with van der Waals surface area (Å²) in [7, 11) is 0. The standard InChI is InChI=1S/C10H20N2O/c1-10(13)4-7-12(8-10)9-2-5-11-6-3-9/h9,11,13H,2-8H2,1H3/t10-/m0/s1. The fraction of sp³-hybridized carbons (Fsp3) is 1.00. The van der Waals surface area contributed by atoms with Gasteiger partial charge in [-0.05, 0) is 39.3 Å². The second-order valence-electron chi connectivity index (χ2n) is 4.70. The number of aliphatic hydroxyl groups is 1. The number of β-amino-alcohol motifs (C(OH)–C–C–N with tert-alkyl or cyclic N) is 1. The Balaban J connectivity index is 1.87. The summed E-state index contributed by atoms with van der Waals surface area (Å²) >= 11 is 0. The van der Waals surface area contributed by atoms with Crippen molar-refractivity contribution >= 4 is 0 Å². The minimum atomic E-state index is -0.426. The molecular formula is C10H20N2O. The smallest absolute Gasteiger partial charge is 0.0758 e. The van der Waals surface area contributed by atoms with E-state index in [1.807, 2.05) is 6.92 Å². The number of rotatable bonds is 1. The molecule has 2 heterocycles. The van der Waals surface area contributed by atoms with Crippen molar-refractivity contribution in [2.75, 3.05) is 26.2 Å². The molecule has 0 unspecified atom stereocenters. The third-order valence-corrected chi connectivity index (χ3v) is 3.31. The molecule has 1 atom stereocenters. The number of likely N-dealkylation sites (tertiary alicyclic amines) is 1. The Labute approximate surface area is 80.1 Å². The van der Waals surface area contributed by atoms with Crippen LogP contribution in [0.5, 0.6) is 0 Å². The highest BCUT2D eigenvalue weighted by molar-refractivity contribution is 4.90. The van der Waals surface area contributed by atoms with Gasteiger partial charge < -0.3 is 10.4 Å². The van der Waals surface area contributed by atoms with Crippen molar-refractivity contribution in [1.29, 1.82) is 0 Å². The molecule has 2 saturated heterocycles. The van der Waals surface area contributed by atoms with Gasteiger partial charge in [0.15, 0.2) is 0 Å². The molecule has 2 fully saturated rings. The van der Waals surface area contributed by atoms with Gasteiger partial charge in [-0.1, -0.05) is 0 Å². The molecule has 2 N–H and O–H groups in total. The van der Waals surface area contributed by atoms with Crippen molar-refractivity contribution in [3.63, 3.8) is 0 Å². The van der Waals surface area contributed by atoms with Crippen LogP contribution in [0.1, 0.15) is 26.2 Å². The molecule has 0 aromatic heterocycles. The molecule has 13 heavy (non-hydrogen) atoms. The molecule has 0 radical (unpaired) electrons. The summed E-state index contributed by atoms with van der Waals surface area (Å²) in [4.78, 5) is 2.46. The number of hydrogen-bond donors (Lipinski definition) is 2. The number of hydrogen-bond acceptors (Lipinski definition) is 3. The number of piperidine rings is 1. The summed E-state index contributed by atoms with van der Waals surface area (Å²) in [5.74, 6) is 0. The molecule has 0 aromatic rings. The highest BCUT2D eigenvalue weighted by Gasteiger charge is 2.35. The maximum Gasteiger partial charge on any atom is 0.0758 e. The monoisotopic (exact) mass is 184 g/mol. The van der Waals surface area contributed by atoms with Gasteiger partial charge in [0.2, 0.25) is 0 Å². The van der Waals surface area contributed by atoms with Crippen LogP contribution in [-0.4, -0.2) is 47.8 Å². The molecule has 2 rings (SSSR count). The van der Waals surface area contributed by atoms with Gasteiger partial charge in [0.1, 0.15) is 0 Å². The van der Waals surface area contributed by atoms with Crippen LogP contribution in [0, 0.1) is 0 Å². The van der Waals surface area contributed by atoms with E-state index in [1.165, 1.54) is 12.8 Å². The van der Waals surface area contributed by atoms with E-state index in [1.54, 1.807) is 0 Å². The fourth-order valence-corrected chi connectivity index (χ4v) is 2.46. The highest BCUT2D eigenvalue weighted by Crippen LogP contribution is 2.25. The van der Waals surface area contributed by atoms with Crippen LogP contribution in [0.3, 0.4) is 0 Å². The molecule has 0 aliphatic carbocycles. The lowest BCUT2D eigenvalue weighted by Gasteiger charge is -2.31. The molecule has 0 aromatic carbocycles. The van der Waals surface area contributed by atoms with E-state index in [2.05, 4.69) is 10.2 Å². The van der Waals surface area contributed by atoms with Crippen LogP contribution >= 0.6 is 0 Å². The first-order valence-electron chi connectivity index (χ1n) is 5.34. The molecule has 0 bridgehead atoms. The minimum absolute atomic E-state index is 0.426. The first-order chi connectivity index (χ1) is 6.17. The van der Waals surface area contributed by atoms with Crippen molar-refractivity contribution in [2.45, 2.75) is 37.8 Å². The predicted octanol–water partition coefficient (Wildman–Crippen LogP) is 0.195. The van der Waals surface area contributed by atoms with Crippen molar-refractivity contribution in [3.05, 3.63) is 0 Å². The summed E-state index contributed by atoms with van der Waals surface area (Å²) in [5.41, 5.74) is -0.426. The lowest BCUT2D eigenvalue weighted by molar-refractivity contribution is 0.0590. The van der Waals surface area contributed by atoms with Crippen LogP contribution in [0.15, 0.2) is 0 Å². The second-order valence-corrected chi connectivity index (χ2v) is 4.70. The van der Waals surface area contributed by atoms with Gasteiger partial charge in [-0.25, -0.2) is 0 Å². The van der Waals surface area contributed by atoms with Crippen molar-refractivity contribution < 1.29 is 5.11 Å². The first kappa shape index (κ1) is 9.44. The van der Waals surface area contributed by atoms with Gasteiger partial charge in [-0.3, -0.25) is 4.90 Å². The lowest BCUT2D eigenvalue weighted by Crippen LogP contribution is -2.43. The summed E-state index contributed by atoms with van der Waals surface area (Å²) in [6.07, 6.45) is 3.43. The van der Waals surface area contributed by atoms with Gasteiger partial charge in [-0.2, -0.15) is 0 Å². The summed E-state index contributed by atoms with van der Waals surface area (Å²) in [5, 5.41) is 13.2.